The molecule has 2 amide bonds. The van der Waals surface area contributed by atoms with E-state index in [4.69, 9.17) is 16.3 Å². The number of carbonyl (C=O) groups excluding carboxylic acids is 2. The summed E-state index contributed by atoms with van der Waals surface area (Å²) in [5.41, 5.74) is 4.56. The number of nitrogens with zero attached hydrogens (tertiary/aromatic N) is 3. The minimum Gasteiger partial charge on any atom is -0.444 e. The first-order valence-electron chi connectivity index (χ1n) is 11.6. The molecule has 1 aliphatic rings. The molecule has 7 nitrogen and oxygen atoms in total. The average molecular weight is 487 g/mol. The molecule has 0 spiro atoms. The highest BCUT2D eigenvalue weighted by Crippen LogP contribution is 2.27. The first kappa shape index (κ1) is 26.0. The lowest BCUT2D eigenvalue weighted by Crippen LogP contribution is -2.54. The van der Waals surface area contributed by atoms with Crippen LogP contribution < -0.4 is 5.32 Å². The van der Waals surface area contributed by atoms with Crippen molar-refractivity contribution in [2.75, 3.05) is 25.0 Å². The summed E-state index contributed by atoms with van der Waals surface area (Å²) in [4.78, 5) is 33.7. The number of hydrogen-bond acceptors (Lipinski definition) is 5. The molecule has 1 aromatic heterocycles. The Balaban J connectivity index is 1.70. The number of aryl methyl sites for hydroxylation is 2. The van der Waals surface area contributed by atoms with Gasteiger partial charge in [-0.15, -0.1) is 0 Å². The lowest BCUT2D eigenvalue weighted by atomic mass is 10.0. The summed E-state index contributed by atoms with van der Waals surface area (Å²) in [5, 5.41) is 3.56. The zero-order valence-corrected chi connectivity index (χ0v) is 21.9. The minimum absolute atomic E-state index is 0.0274. The van der Waals surface area contributed by atoms with Crippen LogP contribution in [0.2, 0.25) is 5.02 Å². The zero-order chi connectivity index (χ0) is 25.2. The number of anilines is 1. The quantitative estimate of drug-likeness (QED) is 0.630. The van der Waals surface area contributed by atoms with Crippen LogP contribution in [0.4, 0.5) is 10.5 Å². The summed E-state index contributed by atoms with van der Waals surface area (Å²) in [7, 11) is 0. The Morgan fingerprint density at radius 2 is 1.88 bits per heavy atom. The number of ether oxygens (including phenoxy) is 1. The van der Waals surface area contributed by atoms with Gasteiger partial charge in [0.15, 0.2) is 0 Å². The van der Waals surface area contributed by atoms with Gasteiger partial charge in [-0.25, -0.2) is 4.79 Å². The van der Waals surface area contributed by atoms with Crippen molar-refractivity contribution in [1.82, 2.24) is 14.8 Å². The van der Waals surface area contributed by atoms with Gasteiger partial charge in [0.2, 0.25) is 0 Å². The molecule has 8 heteroatoms. The topological polar surface area (TPSA) is 74.8 Å². The van der Waals surface area contributed by atoms with Crippen LogP contribution in [0, 0.1) is 20.8 Å². The number of piperazine rings is 1. The Labute approximate surface area is 207 Å². The van der Waals surface area contributed by atoms with Crippen LogP contribution in [0.3, 0.4) is 0 Å². The van der Waals surface area contributed by atoms with E-state index in [-0.39, 0.29) is 18.0 Å². The third-order valence-corrected chi connectivity index (χ3v) is 6.28. The maximum atomic E-state index is 12.8. The van der Waals surface area contributed by atoms with Crippen molar-refractivity contribution in [3.8, 4) is 0 Å². The Morgan fingerprint density at radius 1 is 1.18 bits per heavy atom. The zero-order valence-electron chi connectivity index (χ0n) is 21.2. The summed E-state index contributed by atoms with van der Waals surface area (Å²) in [6.07, 6.45) is 1.31. The van der Waals surface area contributed by atoms with Crippen LogP contribution in [0.25, 0.3) is 0 Å². The van der Waals surface area contributed by atoms with Crippen LogP contribution in [-0.4, -0.2) is 58.1 Å². The Kier molecular flexibility index (Phi) is 7.88. The lowest BCUT2D eigenvalue weighted by molar-refractivity contribution is 0.000535. The molecule has 0 radical (unpaired) electrons. The summed E-state index contributed by atoms with van der Waals surface area (Å²) in [5.74, 6) is -0.216. The van der Waals surface area contributed by atoms with Gasteiger partial charge < -0.3 is 15.0 Å². The van der Waals surface area contributed by atoms with Gasteiger partial charge >= 0.3 is 6.09 Å². The van der Waals surface area contributed by atoms with Crippen molar-refractivity contribution in [2.24, 2.45) is 0 Å². The van der Waals surface area contributed by atoms with Gasteiger partial charge in [-0.1, -0.05) is 11.6 Å². The normalized spacial score (nSPS) is 16.9. The van der Waals surface area contributed by atoms with Gasteiger partial charge in [0.25, 0.3) is 5.91 Å². The first-order valence-corrected chi connectivity index (χ1v) is 12.0. The molecule has 1 aliphatic heterocycles. The fourth-order valence-corrected chi connectivity index (χ4v) is 4.24. The number of halogens is 1. The highest BCUT2D eigenvalue weighted by Gasteiger charge is 2.31. The van der Waals surface area contributed by atoms with Gasteiger partial charge in [-0.2, -0.15) is 0 Å². The average Bonchev–Trinajstić information content (AvgIpc) is 2.72. The molecular formula is C26H35ClN4O3. The standard InChI is InChI=1S/C26H35ClN4O3/c1-16-10-20(13-28-19(16)4)24(32)29-23-12-22(27)11-21(18(23)3)15-30-8-9-31(17(2)14-30)25(33)34-26(5,6)7/h10-13,17H,8-9,14-15H2,1-7H3,(H,29,32)/t17-/m0/s1. The van der Waals surface area contributed by atoms with Crippen LogP contribution in [0.1, 0.15) is 60.4 Å². The third kappa shape index (κ3) is 6.48. The molecule has 1 aromatic carbocycles. The number of nitrogens with one attached hydrogen (secondary N) is 1. The van der Waals surface area contributed by atoms with Crippen LogP contribution in [0.5, 0.6) is 0 Å². The maximum absolute atomic E-state index is 12.8. The SMILES string of the molecule is Cc1cc(C(=O)Nc2cc(Cl)cc(CN3CCN(C(=O)OC(C)(C)C)[C@@H](C)C3)c2C)cnc1C. The molecule has 1 N–H and O–H groups in total. The van der Waals surface area contributed by atoms with Gasteiger partial charge in [0.1, 0.15) is 5.60 Å². The van der Waals surface area contributed by atoms with Crippen molar-refractivity contribution in [1.29, 1.82) is 0 Å². The van der Waals surface area contributed by atoms with Crippen LogP contribution in [0.15, 0.2) is 24.4 Å². The fourth-order valence-electron chi connectivity index (χ4n) is 4.00. The summed E-state index contributed by atoms with van der Waals surface area (Å²) in [6, 6.07) is 5.58. The number of carbonyl (C=O) groups is 2. The van der Waals surface area contributed by atoms with Gasteiger partial charge in [-0.3, -0.25) is 14.7 Å². The molecule has 0 saturated carbocycles. The van der Waals surface area contributed by atoms with E-state index in [1.807, 2.05) is 60.6 Å². The molecule has 0 unspecified atom stereocenters. The van der Waals surface area contributed by atoms with Crippen molar-refractivity contribution in [2.45, 2.75) is 66.7 Å². The van der Waals surface area contributed by atoms with Crippen molar-refractivity contribution < 1.29 is 14.3 Å². The van der Waals surface area contributed by atoms with Gasteiger partial charge in [-0.05, 0) is 83.4 Å². The second kappa shape index (κ2) is 10.3. The smallest absolute Gasteiger partial charge is 0.410 e. The molecule has 0 aliphatic carbocycles. The largest absolute Gasteiger partial charge is 0.444 e. The predicted molar refractivity (Wildman–Crippen MR) is 136 cm³/mol. The lowest BCUT2D eigenvalue weighted by Gasteiger charge is -2.40. The Morgan fingerprint density at radius 3 is 2.50 bits per heavy atom. The van der Waals surface area contributed by atoms with Crippen LogP contribution >= 0.6 is 11.6 Å². The van der Waals surface area contributed by atoms with Crippen molar-refractivity contribution >= 4 is 29.3 Å². The number of amides is 2. The summed E-state index contributed by atoms with van der Waals surface area (Å²) >= 11 is 6.42. The molecule has 1 atom stereocenters. The van der Waals surface area contributed by atoms with Gasteiger partial charge in [0.05, 0.1) is 5.56 Å². The number of benzene rings is 1. The summed E-state index contributed by atoms with van der Waals surface area (Å²) < 4.78 is 5.55. The molecule has 2 heterocycles. The van der Waals surface area contributed by atoms with Crippen molar-refractivity contribution in [3.05, 3.63) is 57.4 Å². The second-order valence-corrected chi connectivity index (χ2v) is 10.5. The van der Waals surface area contributed by atoms with E-state index in [2.05, 4.69) is 15.2 Å². The molecule has 1 saturated heterocycles. The van der Waals surface area contributed by atoms with Crippen LogP contribution in [-0.2, 0) is 11.3 Å². The van der Waals surface area contributed by atoms with Crippen molar-refractivity contribution in [3.63, 3.8) is 0 Å². The second-order valence-electron chi connectivity index (χ2n) is 10.1. The highest BCUT2D eigenvalue weighted by molar-refractivity contribution is 6.31. The molecule has 3 rings (SSSR count). The highest BCUT2D eigenvalue weighted by atomic mass is 35.5. The van der Waals surface area contributed by atoms with E-state index < -0.39 is 5.60 Å². The van der Waals surface area contributed by atoms with E-state index in [9.17, 15) is 9.59 Å². The molecule has 184 valence electrons. The third-order valence-electron chi connectivity index (χ3n) is 6.06. The van der Waals surface area contributed by atoms with E-state index in [1.54, 1.807) is 17.2 Å². The maximum Gasteiger partial charge on any atom is 0.410 e. The fraction of sp³-hybridized carbons (Fsp3) is 0.500. The monoisotopic (exact) mass is 486 g/mol. The molecule has 34 heavy (non-hydrogen) atoms. The van der Waals surface area contributed by atoms with E-state index in [1.165, 1.54) is 0 Å². The minimum atomic E-state index is -0.514. The molecule has 0 bridgehead atoms. The van der Waals surface area contributed by atoms with E-state index in [0.29, 0.717) is 29.4 Å². The van der Waals surface area contributed by atoms with Gasteiger partial charge in [0, 0.05) is 54.8 Å². The number of aromatic nitrogens is 1. The predicted octanol–water partition coefficient (Wildman–Crippen LogP) is 5.35. The first-order chi connectivity index (χ1) is 15.8. The van der Waals surface area contributed by atoms with E-state index >= 15 is 0 Å². The molecule has 1 fully saturated rings. The Hall–Kier alpha value is -2.64. The summed E-state index contributed by atoms with van der Waals surface area (Å²) in [6.45, 7) is 16.2. The number of hydrogen-bond donors (Lipinski definition) is 1. The number of pyridine rings is 1. The van der Waals surface area contributed by atoms with E-state index in [0.717, 1.165) is 35.5 Å². The Bertz CT molecular complexity index is 1080. The number of rotatable bonds is 4. The molecule has 2 aromatic rings. The molecular weight excluding hydrogens is 452 g/mol.